The van der Waals surface area contributed by atoms with E-state index >= 15 is 0 Å². The van der Waals surface area contributed by atoms with Crippen LogP contribution < -0.4 is 29.6 Å². The molecule has 0 aromatic heterocycles. The van der Waals surface area contributed by atoms with Crippen molar-refractivity contribution in [2.75, 3.05) is 0 Å². The fraction of sp³-hybridized carbons (Fsp3) is 0. The molecular weight excluding hydrogens is 348 g/mol. The van der Waals surface area contributed by atoms with Crippen LogP contribution in [-0.2, 0) is 21.1 Å². The first-order valence-corrected chi connectivity index (χ1v) is 1.12. The largest absolute Gasteiger partial charge is 4.00 e. The summed E-state index contributed by atoms with van der Waals surface area (Å²) in [6, 6.07) is 0. The molecule has 0 aliphatic carbocycles. The molecule has 0 saturated carbocycles. The average Bonchev–Trinajstić information content (AvgIpc) is 2.20. The molecule has 0 aromatic rings. The quantitative estimate of drug-likeness (QED) is 0.354. The third-order valence-electron chi connectivity index (χ3n) is 0. The normalized spacial score (nSPS) is 0.833. The van der Waals surface area contributed by atoms with Gasteiger partial charge in [-0.15, -0.1) is 0 Å². The Kier molecular flexibility index (Phi) is 6350. The Balaban J connectivity index is -0.00000000500. The molecule has 0 bridgehead atoms. The van der Waals surface area contributed by atoms with Crippen molar-refractivity contribution in [1.29, 1.82) is 26.3 Å². The molecule has 0 aliphatic rings. The minimum absolute atomic E-state index is 0. The van der Waals surface area contributed by atoms with Crippen LogP contribution in [0.15, 0.2) is 0 Å². The van der Waals surface area contributed by atoms with Gasteiger partial charge in [0.25, 0.3) is 0 Å². The second kappa shape index (κ2) is 1140. The van der Waals surface area contributed by atoms with Gasteiger partial charge in [-0.3, -0.25) is 0 Å². The summed E-state index contributed by atoms with van der Waals surface area (Å²) in [6.45, 7) is 23.8. The fourth-order valence-electron chi connectivity index (χ4n) is 0. The zero-order valence-electron chi connectivity index (χ0n) is 6.05. The van der Waals surface area contributed by atoms with E-state index in [0.717, 1.165) is 0 Å². The molecule has 0 aromatic carbocycles. The van der Waals surface area contributed by atoms with Gasteiger partial charge in [0.05, 0.1) is 0 Å². The van der Waals surface area contributed by atoms with Crippen molar-refractivity contribution >= 4 is 0 Å². The topological polar surface area (TPSA) is 119 Å². The van der Waals surface area contributed by atoms with Crippen molar-refractivity contribution in [3.63, 3.8) is 0 Å². The smallest absolute Gasteiger partial charge is 0.512 e. The number of hydrogen-bond donors (Lipinski definition) is 0. The maximum Gasteiger partial charge on any atom is 4.00 e. The molecule has 12 heavy (non-hydrogen) atoms. The van der Waals surface area contributed by atoms with Crippen molar-refractivity contribution < 1.29 is 50.6 Å². The summed E-state index contributed by atoms with van der Waals surface area (Å²) >= 11 is 0. The molecule has 0 saturated heterocycles. The number of rotatable bonds is 0. The van der Waals surface area contributed by atoms with E-state index in [1.165, 1.54) is 0 Å². The van der Waals surface area contributed by atoms with Crippen LogP contribution in [0, 0.1) is 59.2 Å². The summed E-state index contributed by atoms with van der Waals surface area (Å²) in [5.74, 6) is 0. The van der Waals surface area contributed by atoms with Crippen LogP contribution in [0.1, 0.15) is 0 Å². The Bertz CT molecular complexity index is 78.4. The van der Waals surface area contributed by atoms with E-state index in [1.807, 2.05) is 0 Å². The molecule has 0 heterocycles. The molecular formula is C5N5NaPt. The first-order valence-electron chi connectivity index (χ1n) is 1.12. The van der Waals surface area contributed by atoms with Gasteiger partial charge in [0.1, 0.15) is 0 Å². The van der Waals surface area contributed by atoms with Gasteiger partial charge in [-0.05, 0) is 0 Å². The van der Waals surface area contributed by atoms with E-state index in [0.29, 0.717) is 0 Å². The van der Waals surface area contributed by atoms with Crippen molar-refractivity contribution in [3.05, 3.63) is 32.9 Å². The van der Waals surface area contributed by atoms with E-state index in [2.05, 4.69) is 0 Å². The second-order valence-corrected chi connectivity index (χ2v) is 0. The summed E-state index contributed by atoms with van der Waals surface area (Å²) in [5, 5.41) is 31.2. The first kappa shape index (κ1) is 66.9. The third kappa shape index (κ3) is 815. The van der Waals surface area contributed by atoms with Gasteiger partial charge in [-0.1, -0.05) is 0 Å². The molecule has 0 unspecified atom stereocenters. The average molecular weight is 348 g/mol. The van der Waals surface area contributed by atoms with E-state index in [1.54, 1.807) is 0 Å². The van der Waals surface area contributed by atoms with Crippen LogP contribution in [0.3, 0.4) is 0 Å². The Morgan fingerprint density at radius 2 is 0.417 bits per heavy atom. The Hall–Kier alpha value is -0.862. The predicted octanol–water partition coefficient (Wildman–Crippen LogP) is -2.52. The molecule has 0 amide bonds. The Labute approximate surface area is 109 Å². The second-order valence-electron chi connectivity index (χ2n) is 0. The molecule has 0 N–H and O–H groups in total. The number of hydrogen-bond acceptors (Lipinski definition) is 5. The van der Waals surface area contributed by atoms with Gasteiger partial charge in [-0.25, -0.2) is 0 Å². The molecule has 0 fully saturated rings. The van der Waals surface area contributed by atoms with Crippen LogP contribution in [0.25, 0.3) is 0 Å². The van der Waals surface area contributed by atoms with Gasteiger partial charge in [0.2, 0.25) is 0 Å². The van der Waals surface area contributed by atoms with E-state index < -0.39 is 0 Å². The minimum Gasteiger partial charge on any atom is -0.512 e. The molecule has 5 nitrogen and oxygen atoms in total. The Morgan fingerprint density at radius 1 is 0.417 bits per heavy atom. The Morgan fingerprint density at radius 3 is 0.417 bits per heavy atom. The summed E-state index contributed by atoms with van der Waals surface area (Å²) in [4.78, 5) is 0. The molecule has 0 rings (SSSR count). The van der Waals surface area contributed by atoms with Crippen LogP contribution in [0.4, 0.5) is 0 Å². The van der Waals surface area contributed by atoms with Gasteiger partial charge < -0.3 is 59.2 Å². The zero-order valence-corrected chi connectivity index (χ0v) is 10.3. The SMILES string of the molecule is [C-]#N.[C-]#N.[C-]#N.[C-]#N.[C-]#N.[Na+].[Pt+4]. The monoisotopic (exact) mass is 348 g/mol. The molecule has 0 radical (unpaired) electrons. The fourth-order valence-corrected chi connectivity index (χ4v) is 0. The molecule has 7 heteroatoms. The van der Waals surface area contributed by atoms with E-state index in [4.69, 9.17) is 59.2 Å². The van der Waals surface area contributed by atoms with Crippen molar-refractivity contribution in [2.45, 2.75) is 0 Å². The van der Waals surface area contributed by atoms with E-state index in [-0.39, 0.29) is 50.6 Å². The molecule has 56 valence electrons. The summed E-state index contributed by atoms with van der Waals surface area (Å²) in [7, 11) is 0. The molecule has 0 atom stereocenters. The molecule has 0 spiro atoms. The summed E-state index contributed by atoms with van der Waals surface area (Å²) in [5.41, 5.74) is 0. The van der Waals surface area contributed by atoms with Crippen molar-refractivity contribution in [3.8, 4) is 0 Å². The van der Waals surface area contributed by atoms with Crippen molar-refractivity contribution in [2.24, 2.45) is 0 Å². The molecule has 0 aliphatic heterocycles. The maximum atomic E-state index is 6.25. The van der Waals surface area contributed by atoms with Crippen molar-refractivity contribution in [1.82, 2.24) is 0 Å². The summed E-state index contributed by atoms with van der Waals surface area (Å²) < 4.78 is 0. The van der Waals surface area contributed by atoms with Gasteiger partial charge >= 0.3 is 50.6 Å². The number of nitrogens with zero attached hydrogens (tertiary/aromatic N) is 5. The van der Waals surface area contributed by atoms with Crippen LogP contribution in [-0.4, -0.2) is 0 Å². The minimum atomic E-state index is 0. The van der Waals surface area contributed by atoms with E-state index in [9.17, 15) is 0 Å². The van der Waals surface area contributed by atoms with Gasteiger partial charge in [0.15, 0.2) is 0 Å². The van der Waals surface area contributed by atoms with Crippen LogP contribution in [0.2, 0.25) is 0 Å². The summed E-state index contributed by atoms with van der Waals surface area (Å²) in [6.07, 6.45) is 0. The predicted molar refractivity (Wildman–Crippen MR) is 24.8 cm³/mol. The van der Waals surface area contributed by atoms with Crippen LogP contribution in [0.5, 0.6) is 0 Å². The standard InChI is InChI=1S/5CN.Na.Pt/c5*1-2;;/q5*-1;+1;+4. The van der Waals surface area contributed by atoms with Gasteiger partial charge in [-0.2, -0.15) is 0 Å². The van der Waals surface area contributed by atoms with Gasteiger partial charge in [0, 0.05) is 0 Å². The van der Waals surface area contributed by atoms with Crippen LogP contribution >= 0.6 is 0 Å². The first-order chi connectivity index (χ1) is 5.00. The third-order valence-corrected chi connectivity index (χ3v) is 0. The maximum absolute atomic E-state index is 6.25. The zero-order chi connectivity index (χ0) is 10.0.